The molecular weight excluding hydrogens is 1370 g/mol. The van der Waals surface area contributed by atoms with Crippen LogP contribution in [0.5, 0.6) is 0 Å². The second-order valence-corrected chi connectivity index (χ2v) is 28.4. The van der Waals surface area contributed by atoms with Crippen molar-refractivity contribution in [1.29, 1.82) is 0 Å². The third-order valence-corrected chi connectivity index (χ3v) is 18.0. The van der Waals surface area contributed by atoms with E-state index in [1.54, 1.807) is 81.5 Å². The first-order valence-electron chi connectivity index (χ1n) is 36.6. The van der Waals surface area contributed by atoms with Gasteiger partial charge in [0.25, 0.3) is 0 Å². The summed E-state index contributed by atoms with van der Waals surface area (Å²) in [6.45, 7) is 22.6. The van der Waals surface area contributed by atoms with Crippen molar-refractivity contribution < 1.29 is 57.5 Å². The average Bonchev–Trinajstić information content (AvgIpc) is 1.63. The third-order valence-electron chi connectivity index (χ3n) is 18.0. The van der Waals surface area contributed by atoms with Crippen molar-refractivity contribution in [2.75, 3.05) is 26.2 Å². The molecule has 596 valence electrons. The minimum atomic E-state index is -1.42. The van der Waals surface area contributed by atoms with Crippen LogP contribution in [0.1, 0.15) is 166 Å². The van der Waals surface area contributed by atoms with Crippen molar-refractivity contribution in [3.05, 3.63) is 36.0 Å². The molecule has 36 heteroatoms. The van der Waals surface area contributed by atoms with Crippen LogP contribution < -0.4 is 110 Å². The van der Waals surface area contributed by atoms with Crippen LogP contribution in [0.4, 0.5) is 0 Å². The van der Waals surface area contributed by atoms with E-state index in [0.717, 1.165) is 10.9 Å². The van der Waals surface area contributed by atoms with E-state index < -0.39 is 167 Å². The molecule has 1 aromatic heterocycles. The molecule has 0 spiro atoms. The summed E-state index contributed by atoms with van der Waals surface area (Å²) in [5, 5.41) is 30.7. The highest BCUT2D eigenvalue weighted by Gasteiger charge is 2.39. The zero-order valence-electron chi connectivity index (χ0n) is 64.0. The molecule has 0 aliphatic heterocycles. The third kappa shape index (κ3) is 32.2. The number of primary amides is 1. The number of carbonyl (C=O) groups excluding carboxylic acids is 12. The van der Waals surface area contributed by atoms with Gasteiger partial charge in [-0.2, -0.15) is 0 Å². The summed E-state index contributed by atoms with van der Waals surface area (Å²) in [4.78, 5) is 185. The first-order chi connectivity index (χ1) is 49.8. The molecular formula is C70H124N24O12. The molecule has 0 fully saturated rings. The lowest BCUT2D eigenvalue weighted by Gasteiger charge is -2.31. The van der Waals surface area contributed by atoms with Gasteiger partial charge in [-0.05, 0) is 118 Å². The van der Waals surface area contributed by atoms with Gasteiger partial charge in [-0.1, -0.05) is 114 Å². The number of para-hydroxylation sites is 1. The first-order valence-corrected chi connectivity index (χ1v) is 36.6. The van der Waals surface area contributed by atoms with Crippen LogP contribution in [-0.2, 0) is 64.0 Å². The van der Waals surface area contributed by atoms with Gasteiger partial charge in [0.1, 0.15) is 66.5 Å². The number of rotatable bonds is 49. The van der Waals surface area contributed by atoms with E-state index in [-0.39, 0.29) is 120 Å². The number of hydrogen-bond acceptors (Lipinski definition) is 17. The van der Waals surface area contributed by atoms with Crippen LogP contribution in [0.3, 0.4) is 0 Å². The van der Waals surface area contributed by atoms with Crippen molar-refractivity contribution in [2.45, 2.75) is 240 Å². The van der Waals surface area contributed by atoms with Gasteiger partial charge in [0.15, 0.2) is 17.9 Å². The Morgan fingerprint density at radius 1 is 0.406 bits per heavy atom. The quantitative estimate of drug-likeness (QED) is 0.0177. The van der Waals surface area contributed by atoms with Gasteiger partial charge < -0.3 is 115 Å². The smallest absolute Gasteiger partial charge is 0.243 e. The predicted molar refractivity (Wildman–Crippen MR) is 407 cm³/mol. The fourth-order valence-electron chi connectivity index (χ4n) is 11.1. The Balaban J connectivity index is 2.45. The van der Waals surface area contributed by atoms with E-state index in [4.69, 9.17) is 51.6 Å². The predicted octanol–water partition coefficient (Wildman–Crippen LogP) is -3.12. The number of fused-ring (bicyclic) bond motifs is 1. The number of nitrogens with two attached hydrogens (primary N) is 9. The second kappa shape index (κ2) is 46.9. The van der Waals surface area contributed by atoms with Crippen molar-refractivity contribution in [3.8, 4) is 0 Å². The minimum absolute atomic E-state index is 0.0300. The number of guanidine groups is 3. The van der Waals surface area contributed by atoms with Gasteiger partial charge in [-0.15, -0.1) is 0 Å². The number of aromatic amines is 1. The molecule has 0 unspecified atom stereocenters. The molecule has 1 aromatic carbocycles. The van der Waals surface area contributed by atoms with Crippen molar-refractivity contribution in [2.24, 2.45) is 102 Å². The number of carbonyl (C=O) groups is 12. The lowest BCUT2D eigenvalue weighted by molar-refractivity contribution is -0.137. The van der Waals surface area contributed by atoms with Gasteiger partial charge >= 0.3 is 0 Å². The molecule has 2 rings (SSSR count). The number of amides is 12. The molecule has 14 atom stereocenters. The van der Waals surface area contributed by atoms with Gasteiger partial charge in [-0.3, -0.25) is 72.5 Å². The zero-order valence-corrected chi connectivity index (χ0v) is 64.0. The molecule has 0 saturated carbocycles. The minimum Gasteiger partial charge on any atom is -0.370 e. The largest absolute Gasteiger partial charge is 0.370 e. The molecule has 30 N–H and O–H groups in total. The molecule has 106 heavy (non-hydrogen) atoms. The molecule has 0 aliphatic rings. The number of H-pyrrole nitrogens is 1. The van der Waals surface area contributed by atoms with Crippen molar-refractivity contribution in [1.82, 2.24) is 63.5 Å². The SMILES string of the molecule is CC[C@H](C)[C@H](NC(=O)[C@H](CCCN)NC(=O)[C@@H](NC(=O)[C@H](C)NC(=O)[C@@H](NC(=O)[C@@H](NC(=O)[C@H](CC(C)C)NC(=O)[C@H](CCCN=C(N)N)NC(=O)[C@@H](N)C(C)C)[C@@H](C)CC)C(C)C)C(C)C)C(=O)N[C@@H](Cc1c[nH]c2ccccc12)C(=O)N[C@@H](CCCN=C(N)N)C(=O)N[C@@H](CCCN=C(N)N)C(N)=O. The number of benzene rings is 1. The summed E-state index contributed by atoms with van der Waals surface area (Å²) in [7, 11) is 0. The summed E-state index contributed by atoms with van der Waals surface area (Å²) in [5.41, 5.74) is 52.1. The van der Waals surface area contributed by atoms with Crippen LogP contribution in [0.2, 0.25) is 0 Å². The Kier molecular flexibility index (Phi) is 40.8. The van der Waals surface area contributed by atoms with E-state index >= 15 is 0 Å². The summed E-state index contributed by atoms with van der Waals surface area (Å²) in [6, 6.07) is -7.83. The summed E-state index contributed by atoms with van der Waals surface area (Å²) in [6.07, 6.45) is 3.35. The monoisotopic (exact) mass is 1490 g/mol. The number of hydrogen-bond donors (Lipinski definition) is 21. The highest BCUT2D eigenvalue weighted by atomic mass is 16.2. The maximum Gasteiger partial charge on any atom is 0.243 e. The number of nitrogens with one attached hydrogen (secondary N) is 12. The Hall–Kier alpha value is -9.87. The van der Waals surface area contributed by atoms with Crippen LogP contribution in [0, 0.1) is 35.5 Å². The maximum absolute atomic E-state index is 14.9. The van der Waals surface area contributed by atoms with Crippen LogP contribution in [0.15, 0.2) is 45.4 Å². The summed E-state index contributed by atoms with van der Waals surface area (Å²) < 4.78 is 0. The molecule has 1 heterocycles. The van der Waals surface area contributed by atoms with Gasteiger partial charge in [0.2, 0.25) is 70.9 Å². The number of nitrogens with zero attached hydrogens (tertiary/aromatic N) is 3. The van der Waals surface area contributed by atoms with Crippen LogP contribution in [0.25, 0.3) is 10.9 Å². The maximum atomic E-state index is 14.9. The van der Waals surface area contributed by atoms with E-state index in [0.29, 0.717) is 18.4 Å². The highest BCUT2D eigenvalue weighted by Crippen LogP contribution is 2.21. The van der Waals surface area contributed by atoms with E-state index in [2.05, 4.69) is 78.4 Å². The van der Waals surface area contributed by atoms with Crippen molar-refractivity contribution in [3.63, 3.8) is 0 Å². The zero-order chi connectivity index (χ0) is 80.2. The normalized spacial score (nSPS) is 15.3. The van der Waals surface area contributed by atoms with Gasteiger partial charge in [-0.25, -0.2) is 0 Å². The molecule has 12 amide bonds. The number of aromatic nitrogens is 1. The molecule has 0 bridgehead atoms. The first kappa shape index (κ1) is 92.2. The molecule has 36 nitrogen and oxygen atoms in total. The van der Waals surface area contributed by atoms with Crippen LogP contribution >= 0.6 is 0 Å². The van der Waals surface area contributed by atoms with Crippen molar-refractivity contribution >= 4 is 99.7 Å². The number of aliphatic imine (C=N–C) groups is 3. The topological polar surface area (TPSA) is 624 Å². The fourth-order valence-corrected chi connectivity index (χ4v) is 11.1. The highest BCUT2D eigenvalue weighted by molar-refractivity contribution is 6.00. The molecule has 2 aromatic rings. The van der Waals surface area contributed by atoms with E-state index in [1.807, 2.05) is 32.0 Å². The molecule has 0 aliphatic carbocycles. The molecule has 0 saturated heterocycles. The van der Waals surface area contributed by atoms with Crippen LogP contribution in [-0.4, -0.2) is 192 Å². The van der Waals surface area contributed by atoms with Gasteiger partial charge in [0.05, 0.1) is 6.04 Å². The Morgan fingerprint density at radius 2 is 0.764 bits per heavy atom. The Morgan fingerprint density at radius 3 is 1.21 bits per heavy atom. The lowest BCUT2D eigenvalue weighted by atomic mass is 9.95. The average molecular weight is 1490 g/mol. The fraction of sp³-hybridized carbons (Fsp3) is 0.671. The van der Waals surface area contributed by atoms with E-state index in [9.17, 15) is 57.5 Å². The summed E-state index contributed by atoms with van der Waals surface area (Å²) in [5.74, 6) is -12.5. The van der Waals surface area contributed by atoms with Gasteiger partial charge in [0, 0.05) is 43.2 Å². The second-order valence-electron chi connectivity index (χ2n) is 28.4. The standard InChI is InChI=1S/C70H124N24O12/c1-14-39(11)54(66(105)90-50(33-42-34-83-44-23-17-16-22-43(42)44)61(100)86-47(26-20-30-81-69(76)77)58(97)85-45(56(73)95)25-19-29-80-68(74)75)93-60(99)46(24-18-28-71)88-65(104)53(38(9)10)91-57(96)41(13)84-64(103)52(37(7)8)92-67(106)55(40(12)15-2)94-62(101)49(32-35(3)4)89-59(98)48(27-21-31-82-70(78)79)87-63(102)51(72)36(5)6/h16-17,22-23,34-41,45-55,83H,14-15,18-21,24-33,71-72H2,1-13H3,(H2,73,95)(H,84,103)(H,85,97)(H,86,100)(H,87,102)(H,88,104)(H,89,98)(H,90,105)(H,91,96)(H,92,106)(H,93,99)(H,94,101)(H4,74,75,80)(H4,76,77,81)(H4,78,79,82)/t39-,40-,41-,45-,46-,47-,48-,49-,50-,51-,52-,53-,54-,55-/m0/s1. The molecule has 0 radical (unpaired) electrons. The van der Waals surface area contributed by atoms with E-state index in [1.165, 1.54) is 6.92 Å². The Bertz CT molecular complexity index is 3310. The Labute approximate surface area is 622 Å². The summed E-state index contributed by atoms with van der Waals surface area (Å²) >= 11 is 0. The lowest BCUT2D eigenvalue weighted by Crippen LogP contribution is -2.62.